The van der Waals surface area contributed by atoms with Gasteiger partial charge in [-0.25, -0.2) is 0 Å². The topological polar surface area (TPSA) is 21.7 Å². The predicted molar refractivity (Wildman–Crippen MR) is 87.5 cm³/mol. The van der Waals surface area contributed by atoms with E-state index in [-0.39, 0.29) is 5.41 Å². The molecular formula is C18H29NO2. The fourth-order valence-corrected chi connectivity index (χ4v) is 4.07. The Balaban J connectivity index is 2.48. The minimum Gasteiger partial charge on any atom is -0.493 e. The van der Waals surface area contributed by atoms with Gasteiger partial charge in [-0.3, -0.25) is 0 Å². The third-order valence-electron chi connectivity index (χ3n) is 5.20. The van der Waals surface area contributed by atoms with Crippen LogP contribution in [0.1, 0.15) is 44.6 Å². The lowest BCUT2D eigenvalue weighted by Gasteiger charge is -2.47. The fraction of sp³-hybridized carbons (Fsp3) is 0.667. The highest BCUT2D eigenvalue weighted by atomic mass is 16.5. The Kier molecular flexibility index (Phi) is 5.15. The van der Waals surface area contributed by atoms with Gasteiger partial charge in [0.05, 0.1) is 14.2 Å². The van der Waals surface area contributed by atoms with Crippen LogP contribution < -0.4 is 9.47 Å². The van der Waals surface area contributed by atoms with E-state index in [9.17, 15) is 0 Å². The van der Waals surface area contributed by atoms with Crippen LogP contribution in [0.4, 0.5) is 0 Å². The molecule has 2 atom stereocenters. The van der Waals surface area contributed by atoms with Gasteiger partial charge < -0.3 is 14.4 Å². The van der Waals surface area contributed by atoms with Crippen LogP contribution in [0.3, 0.4) is 0 Å². The Morgan fingerprint density at radius 2 is 1.86 bits per heavy atom. The van der Waals surface area contributed by atoms with E-state index < -0.39 is 0 Å². The molecule has 2 rings (SSSR count). The second kappa shape index (κ2) is 6.69. The van der Waals surface area contributed by atoms with Crippen LogP contribution in [0.2, 0.25) is 0 Å². The highest BCUT2D eigenvalue weighted by Gasteiger charge is 2.42. The molecule has 1 aromatic rings. The quantitative estimate of drug-likeness (QED) is 0.822. The molecule has 1 aliphatic rings. The Morgan fingerprint density at radius 1 is 1.14 bits per heavy atom. The van der Waals surface area contributed by atoms with E-state index in [2.05, 4.69) is 38.1 Å². The molecule has 118 valence electrons. The van der Waals surface area contributed by atoms with Crippen molar-refractivity contribution < 1.29 is 9.47 Å². The van der Waals surface area contributed by atoms with Gasteiger partial charge in [-0.1, -0.05) is 25.8 Å². The Hall–Kier alpha value is -1.22. The van der Waals surface area contributed by atoms with E-state index in [1.54, 1.807) is 14.2 Å². The summed E-state index contributed by atoms with van der Waals surface area (Å²) in [5.41, 5.74) is 1.61. The third kappa shape index (κ3) is 2.89. The average molecular weight is 291 g/mol. The number of likely N-dealkylation sites (N-methyl/N-ethyl adjacent to an activating group) is 1. The lowest BCUT2D eigenvalue weighted by molar-refractivity contribution is 0.115. The maximum Gasteiger partial charge on any atom is 0.161 e. The first-order valence-corrected chi connectivity index (χ1v) is 7.98. The summed E-state index contributed by atoms with van der Waals surface area (Å²) in [4.78, 5) is 2.40. The lowest BCUT2D eigenvalue weighted by Crippen LogP contribution is -2.49. The Bertz CT molecular complexity index is 472. The van der Waals surface area contributed by atoms with Gasteiger partial charge in [-0.2, -0.15) is 0 Å². The molecule has 1 aliphatic carbocycles. The second-order valence-electron chi connectivity index (χ2n) is 6.30. The van der Waals surface area contributed by atoms with Crippen LogP contribution in [0.15, 0.2) is 18.2 Å². The molecular weight excluding hydrogens is 262 g/mol. The van der Waals surface area contributed by atoms with Gasteiger partial charge >= 0.3 is 0 Å². The number of benzene rings is 1. The van der Waals surface area contributed by atoms with E-state index in [4.69, 9.17) is 9.47 Å². The van der Waals surface area contributed by atoms with E-state index in [0.29, 0.717) is 6.04 Å². The van der Waals surface area contributed by atoms with Crippen LogP contribution in [-0.4, -0.2) is 39.3 Å². The van der Waals surface area contributed by atoms with Gasteiger partial charge in [0, 0.05) is 11.5 Å². The first kappa shape index (κ1) is 16.2. The molecule has 3 nitrogen and oxygen atoms in total. The standard InChI is InChI=1S/C18H29NO2/c1-6-18(12-8-7-9-17(18)19(2)3)14-10-11-15(20-4)16(13-14)21-5/h10-11,13,17H,6-9,12H2,1-5H3. The minimum absolute atomic E-state index is 0.224. The van der Waals surface area contributed by atoms with E-state index in [0.717, 1.165) is 17.9 Å². The van der Waals surface area contributed by atoms with Crippen molar-refractivity contribution in [3.05, 3.63) is 23.8 Å². The zero-order valence-corrected chi connectivity index (χ0v) is 14.1. The molecule has 0 aliphatic heterocycles. The molecule has 0 saturated heterocycles. The zero-order chi connectivity index (χ0) is 15.5. The van der Waals surface area contributed by atoms with Crippen molar-refractivity contribution in [1.29, 1.82) is 0 Å². The van der Waals surface area contributed by atoms with Gasteiger partial charge in [0.15, 0.2) is 11.5 Å². The molecule has 1 aromatic carbocycles. The first-order chi connectivity index (χ1) is 10.1. The molecule has 1 saturated carbocycles. The van der Waals surface area contributed by atoms with Gasteiger partial charge in [0.1, 0.15) is 0 Å². The molecule has 1 fully saturated rings. The largest absolute Gasteiger partial charge is 0.493 e. The number of rotatable bonds is 5. The van der Waals surface area contributed by atoms with Crippen molar-refractivity contribution >= 4 is 0 Å². The molecule has 21 heavy (non-hydrogen) atoms. The number of methoxy groups -OCH3 is 2. The molecule has 0 aromatic heterocycles. The SMILES string of the molecule is CCC1(c2ccc(OC)c(OC)c2)CCCCC1N(C)C. The predicted octanol–water partition coefficient (Wildman–Crippen LogP) is 3.86. The van der Waals surface area contributed by atoms with Crippen molar-refractivity contribution in [3.8, 4) is 11.5 Å². The number of ether oxygens (including phenoxy) is 2. The summed E-state index contributed by atoms with van der Waals surface area (Å²) in [6.07, 6.45) is 6.33. The minimum atomic E-state index is 0.224. The van der Waals surface area contributed by atoms with E-state index >= 15 is 0 Å². The smallest absolute Gasteiger partial charge is 0.161 e. The van der Waals surface area contributed by atoms with Gasteiger partial charge in [0.2, 0.25) is 0 Å². The number of nitrogens with zero attached hydrogens (tertiary/aromatic N) is 1. The van der Waals surface area contributed by atoms with Gasteiger partial charge in [-0.05, 0) is 51.1 Å². The van der Waals surface area contributed by atoms with E-state index in [1.165, 1.54) is 31.2 Å². The van der Waals surface area contributed by atoms with Crippen LogP contribution in [-0.2, 0) is 5.41 Å². The normalized spacial score (nSPS) is 25.9. The second-order valence-corrected chi connectivity index (χ2v) is 6.30. The van der Waals surface area contributed by atoms with Crippen molar-refractivity contribution in [2.45, 2.75) is 50.5 Å². The van der Waals surface area contributed by atoms with Crippen molar-refractivity contribution in [2.75, 3.05) is 28.3 Å². The summed E-state index contributed by atoms with van der Waals surface area (Å²) >= 11 is 0. The summed E-state index contributed by atoms with van der Waals surface area (Å²) in [5, 5.41) is 0. The van der Waals surface area contributed by atoms with E-state index in [1.807, 2.05) is 6.07 Å². The Morgan fingerprint density at radius 3 is 2.43 bits per heavy atom. The van der Waals surface area contributed by atoms with Crippen molar-refractivity contribution in [1.82, 2.24) is 4.90 Å². The van der Waals surface area contributed by atoms with Gasteiger partial charge in [-0.15, -0.1) is 0 Å². The molecule has 0 heterocycles. The highest BCUT2D eigenvalue weighted by Crippen LogP contribution is 2.46. The third-order valence-corrected chi connectivity index (χ3v) is 5.20. The molecule has 0 N–H and O–H groups in total. The van der Waals surface area contributed by atoms with Crippen LogP contribution >= 0.6 is 0 Å². The average Bonchev–Trinajstić information content (AvgIpc) is 2.53. The molecule has 0 radical (unpaired) electrons. The van der Waals surface area contributed by atoms with Crippen molar-refractivity contribution in [2.24, 2.45) is 0 Å². The lowest BCUT2D eigenvalue weighted by atomic mass is 9.64. The molecule has 0 amide bonds. The van der Waals surface area contributed by atoms with Gasteiger partial charge in [0.25, 0.3) is 0 Å². The highest BCUT2D eigenvalue weighted by molar-refractivity contribution is 5.46. The number of hydrogen-bond acceptors (Lipinski definition) is 3. The molecule has 3 heteroatoms. The molecule has 0 spiro atoms. The van der Waals surface area contributed by atoms with Crippen LogP contribution in [0, 0.1) is 0 Å². The van der Waals surface area contributed by atoms with Crippen LogP contribution in [0.5, 0.6) is 11.5 Å². The monoisotopic (exact) mass is 291 g/mol. The first-order valence-electron chi connectivity index (χ1n) is 7.98. The zero-order valence-electron chi connectivity index (χ0n) is 14.1. The van der Waals surface area contributed by atoms with Crippen LogP contribution in [0.25, 0.3) is 0 Å². The summed E-state index contributed by atoms with van der Waals surface area (Å²) in [6, 6.07) is 7.05. The maximum atomic E-state index is 5.51. The Labute approximate surface area is 129 Å². The summed E-state index contributed by atoms with van der Waals surface area (Å²) in [5.74, 6) is 1.65. The molecule has 0 bridgehead atoms. The fourth-order valence-electron chi connectivity index (χ4n) is 4.07. The molecule has 2 unspecified atom stereocenters. The summed E-state index contributed by atoms with van der Waals surface area (Å²) < 4.78 is 10.9. The number of hydrogen-bond donors (Lipinski definition) is 0. The van der Waals surface area contributed by atoms with Crippen molar-refractivity contribution in [3.63, 3.8) is 0 Å². The maximum absolute atomic E-state index is 5.51. The summed E-state index contributed by atoms with van der Waals surface area (Å²) in [6.45, 7) is 2.32. The summed E-state index contributed by atoms with van der Waals surface area (Å²) in [7, 11) is 7.82.